The van der Waals surface area contributed by atoms with Crippen LogP contribution < -0.4 is 0 Å². The molecule has 0 aromatic rings. The highest BCUT2D eigenvalue weighted by molar-refractivity contribution is 9.09. The van der Waals surface area contributed by atoms with Gasteiger partial charge in [0.2, 0.25) is 5.91 Å². The molecule has 2 bridgehead atoms. The average Bonchev–Trinajstić information content (AvgIpc) is 2.76. The van der Waals surface area contributed by atoms with E-state index in [4.69, 9.17) is 0 Å². The van der Waals surface area contributed by atoms with Crippen molar-refractivity contribution >= 4 is 21.8 Å². The van der Waals surface area contributed by atoms with Gasteiger partial charge in [-0.1, -0.05) is 15.9 Å². The maximum Gasteiger partial charge on any atom is 0.223 e. The number of hydrogen-bond donors (Lipinski definition) is 0. The molecule has 3 aliphatic rings. The van der Waals surface area contributed by atoms with Crippen LogP contribution >= 0.6 is 15.9 Å². The van der Waals surface area contributed by atoms with Gasteiger partial charge in [-0.15, -0.1) is 0 Å². The van der Waals surface area contributed by atoms with E-state index in [1.165, 1.54) is 25.7 Å². The topological polar surface area (TPSA) is 23.6 Å². The molecule has 0 saturated carbocycles. The largest absolute Gasteiger partial charge is 0.339 e. The normalized spacial score (nSPS) is 42.5. The summed E-state index contributed by atoms with van der Waals surface area (Å²) in [6, 6.07) is 1.99. The second-order valence-electron chi connectivity index (χ2n) is 5.95. The molecule has 0 radical (unpaired) electrons. The van der Waals surface area contributed by atoms with E-state index in [0.717, 1.165) is 30.4 Å². The Bertz CT molecular complexity index is 309. The summed E-state index contributed by atoms with van der Waals surface area (Å²) in [6.45, 7) is 0.984. The first-order valence-corrected chi connectivity index (χ1v) is 7.88. The third-order valence-corrected chi connectivity index (χ3v) is 5.89. The van der Waals surface area contributed by atoms with Crippen LogP contribution in [-0.2, 0) is 4.79 Å². The Morgan fingerprint density at radius 3 is 2.41 bits per heavy atom. The molecule has 3 heterocycles. The number of fused-ring (bicyclic) bond motifs is 2. The molecule has 4 heteroatoms. The molecule has 1 amide bonds. The highest BCUT2D eigenvalue weighted by Gasteiger charge is 2.43. The van der Waals surface area contributed by atoms with Crippen LogP contribution in [0.2, 0.25) is 0 Å². The zero-order valence-electron chi connectivity index (χ0n) is 10.4. The summed E-state index contributed by atoms with van der Waals surface area (Å²) >= 11 is 3.51. The minimum absolute atomic E-state index is 0.392. The van der Waals surface area contributed by atoms with Crippen molar-refractivity contribution in [1.29, 1.82) is 0 Å². The molecule has 0 N–H and O–H groups in total. The maximum atomic E-state index is 12.0. The fourth-order valence-electron chi connectivity index (χ4n) is 3.90. The van der Waals surface area contributed by atoms with Gasteiger partial charge >= 0.3 is 0 Å². The van der Waals surface area contributed by atoms with Gasteiger partial charge in [-0.2, -0.15) is 0 Å². The second kappa shape index (κ2) is 4.54. The molecule has 3 unspecified atom stereocenters. The lowest BCUT2D eigenvalue weighted by Gasteiger charge is -2.40. The van der Waals surface area contributed by atoms with E-state index in [-0.39, 0.29) is 0 Å². The van der Waals surface area contributed by atoms with Crippen LogP contribution in [0.1, 0.15) is 32.1 Å². The first-order valence-electron chi connectivity index (χ1n) is 6.76. The zero-order valence-corrected chi connectivity index (χ0v) is 12.0. The minimum Gasteiger partial charge on any atom is -0.339 e. The molecule has 3 nitrogen and oxygen atoms in total. The summed E-state index contributed by atoms with van der Waals surface area (Å²) < 4.78 is 0. The molecule has 96 valence electrons. The van der Waals surface area contributed by atoms with E-state index >= 15 is 0 Å². The predicted octanol–water partition coefficient (Wildman–Crippen LogP) is 1.85. The summed E-state index contributed by atoms with van der Waals surface area (Å²) in [5.74, 6) is 0.934. The zero-order chi connectivity index (χ0) is 12.0. The van der Waals surface area contributed by atoms with Crippen molar-refractivity contribution in [3.8, 4) is 0 Å². The Morgan fingerprint density at radius 1 is 1.24 bits per heavy atom. The smallest absolute Gasteiger partial charge is 0.223 e. The molecule has 0 aromatic carbocycles. The lowest BCUT2D eigenvalue weighted by atomic mass is 9.97. The molecule has 0 spiro atoms. The van der Waals surface area contributed by atoms with Crippen molar-refractivity contribution in [2.24, 2.45) is 5.92 Å². The molecule has 0 aromatic heterocycles. The number of piperidine rings is 1. The summed E-state index contributed by atoms with van der Waals surface area (Å²) in [5.41, 5.74) is 0. The number of nitrogens with zero attached hydrogens (tertiary/aromatic N) is 2. The molecule has 0 aliphatic carbocycles. The first-order chi connectivity index (χ1) is 8.19. The Balaban J connectivity index is 1.68. The second-order valence-corrected chi connectivity index (χ2v) is 6.59. The van der Waals surface area contributed by atoms with Gasteiger partial charge in [0.25, 0.3) is 0 Å². The quantitative estimate of drug-likeness (QED) is 0.727. The van der Waals surface area contributed by atoms with E-state index in [0.29, 0.717) is 17.9 Å². The number of amides is 1. The van der Waals surface area contributed by atoms with Gasteiger partial charge in [0.15, 0.2) is 0 Å². The van der Waals surface area contributed by atoms with Gasteiger partial charge in [0, 0.05) is 36.4 Å². The van der Waals surface area contributed by atoms with Crippen molar-refractivity contribution < 1.29 is 4.79 Å². The molecular formula is C13H21BrN2O. The highest BCUT2D eigenvalue weighted by atomic mass is 79.9. The van der Waals surface area contributed by atoms with Gasteiger partial charge in [0.1, 0.15) is 0 Å². The van der Waals surface area contributed by atoms with Crippen molar-refractivity contribution in [1.82, 2.24) is 9.80 Å². The Labute approximate surface area is 112 Å². The number of likely N-dealkylation sites (tertiary alicyclic amines) is 1. The number of rotatable bonds is 2. The fourth-order valence-corrected chi connectivity index (χ4v) is 4.34. The lowest BCUT2D eigenvalue weighted by Crippen LogP contribution is -2.49. The van der Waals surface area contributed by atoms with Crippen molar-refractivity contribution in [2.75, 3.05) is 18.9 Å². The molecule has 17 heavy (non-hydrogen) atoms. The van der Waals surface area contributed by atoms with Gasteiger partial charge in [-0.3, -0.25) is 4.79 Å². The van der Waals surface area contributed by atoms with Crippen LogP contribution in [0.15, 0.2) is 0 Å². The number of alkyl halides is 1. The molecule has 3 fully saturated rings. The molecule has 3 saturated heterocycles. The maximum absolute atomic E-state index is 12.0. The Hall–Kier alpha value is -0.0900. The van der Waals surface area contributed by atoms with E-state index < -0.39 is 0 Å². The third-order valence-electron chi connectivity index (χ3n) is 4.97. The van der Waals surface area contributed by atoms with Gasteiger partial charge < -0.3 is 9.80 Å². The van der Waals surface area contributed by atoms with Gasteiger partial charge in [0.05, 0.1) is 0 Å². The van der Waals surface area contributed by atoms with Crippen LogP contribution in [0.3, 0.4) is 0 Å². The number of carbonyl (C=O) groups excluding carboxylic acids is 1. The number of hydrogen-bond acceptors (Lipinski definition) is 2. The predicted molar refractivity (Wildman–Crippen MR) is 71.2 cm³/mol. The Morgan fingerprint density at radius 2 is 1.88 bits per heavy atom. The van der Waals surface area contributed by atoms with E-state index in [1.807, 2.05) is 0 Å². The lowest BCUT2D eigenvalue weighted by molar-refractivity contribution is -0.130. The average molecular weight is 301 g/mol. The number of carbonyl (C=O) groups is 1. The van der Waals surface area contributed by atoms with E-state index in [1.54, 1.807) is 0 Å². The number of halogens is 1. The fraction of sp³-hybridized carbons (Fsp3) is 0.923. The molecule has 3 aliphatic heterocycles. The SMILES string of the molecule is CN1C2CCC1CC(N1CC(CBr)CC1=O)C2. The van der Waals surface area contributed by atoms with Crippen LogP contribution in [0.25, 0.3) is 0 Å². The first kappa shape index (κ1) is 12.0. The van der Waals surface area contributed by atoms with E-state index in [2.05, 4.69) is 32.8 Å². The van der Waals surface area contributed by atoms with Crippen LogP contribution in [0.4, 0.5) is 0 Å². The standard InChI is InChI=1S/C13H21BrN2O/c1-15-10-2-3-11(15)6-12(5-10)16-8-9(7-14)4-13(16)17/h9-12H,2-8H2,1H3. The highest BCUT2D eigenvalue weighted by Crippen LogP contribution is 2.38. The summed E-state index contributed by atoms with van der Waals surface area (Å²) in [5, 5.41) is 0.967. The van der Waals surface area contributed by atoms with Crippen LogP contribution in [-0.4, -0.2) is 52.8 Å². The van der Waals surface area contributed by atoms with Gasteiger partial charge in [-0.25, -0.2) is 0 Å². The van der Waals surface area contributed by atoms with Gasteiger partial charge in [-0.05, 0) is 38.6 Å². The summed E-state index contributed by atoms with van der Waals surface area (Å²) in [4.78, 5) is 16.8. The monoisotopic (exact) mass is 300 g/mol. The van der Waals surface area contributed by atoms with Crippen LogP contribution in [0, 0.1) is 5.92 Å². The summed E-state index contributed by atoms with van der Waals surface area (Å²) in [6.07, 6.45) is 5.83. The van der Waals surface area contributed by atoms with Crippen molar-refractivity contribution in [3.05, 3.63) is 0 Å². The van der Waals surface area contributed by atoms with Crippen molar-refractivity contribution in [2.45, 2.75) is 50.2 Å². The van der Waals surface area contributed by atoms with E-state index in [9.17, 15) is 4.79 Å². The third kappa shape index (κ3) is 2.03. The molecule has 3 rings (SSSR count). The van der Waals surface area contributed by atoms with Crippen molar-refractivity contribution in [3.63, 3.8) is 0 Å². The minimum atomic E-state index is 0.392. The molecule has 3 atom stereocenters. The summed E-state index contributed by atoms with van der Waals surface area (Å²) in [7, 11) is 2.26. The Kier molecular flexibility index (Phi) is 3.20. The van der Waals surface area contributed by atoms with Crippen LogP contribution in [0.5, 0.6) is 0 Å². The molecular weight excluding hydrogens is 280 g/mol.